The Morgan fingerprint density at radius 1 is 1.38 bits per heavy atom. The third-order valence-electron chi connectivity index (χ3n) is 4.77. The summed E-state index contributed by atoms with van der Waals surface area (Å²) in [7, 11) is 1.80. The molecule has 3 aromatic heterocycles. The summed E-state index contributed by atoms with van der Waals surface area (Å²) in [5.41, 5.74) is 2.51. The van der Waals surface area contributed by atoms with Crippen molar-refractivity contribution in [2.24, 2.45) is 7.05 Å². The Kier molecular flexibility index (Phi) is 3.99. The van der Waals surface area contributed by atoms with E-state index in [1.807, 2.05) is 24.4 Å². The molecule has 1 aliphatic heterocycles. The zero-order chi connectivity index (χ0) is 18.4. The summed E-state index contributed by atoms with van der Waals surface area (Å²) in [6.45, 7) is 2.29. The quantitative estimate of drug-likeness (QED) is 0.766. The topological polar surface area (TPSA) is 88.3 Å². The van der Waals surface area contributed by atoms with Crippen molar-refractivity contribution in [1.29, 1.82) is 0 Å². The van der Waals surface area contributed by atoms with E-state index in [1.165, 1.54) is 4.90 Å². The molecule has 1 amide bonds. The molecule has 1 fully saturated rings. The minimum Gasteiger partial charge on any atom is -0.480 e. The van der Waals surface area contributed by atoms with Crippen molar-refractivity contribution in [3.63, 3.8) is 0 Å². The Hall–Kier alpha value is -2.74. The van der Waals surface area contributed by atoms with Crippen LogP contribution in [0.2, 0.25) is 0 Å². The van der Waals surface area contributed by atoms with Crippen molar-refractivity contribution in [2.45, 2.75) is 25.8 Å². The fraction of sp³-hybridized carbons (Fsp3) is 0.333. The molecule has 0 aliphatic carbocycles. The van der Waals surface area contributed by atoms with Crippen molar-refractivity contribution in [3.05, 3.63) is 34.8 Å². The molecule has 1 aliphatic rings. The molecule has 7 nitrogen and oxygen atoms in total. The third-order valence-corrected chi connectivity index (χ3v) is 5.66. The van der Waals surface area contributed by atoms with E-state index in [0.29, 0.717) is 47.4 Å². The fourth-order valence-electron chi connectivity index (χ4n) is 3.59. The van der Waals surface area contributed by atoms with Gasteiger partial charge in [-0.05, 0) is 37.3 Å². The summed E-state index contributed by atoms with van der Waals surface area (Å²) >= 11 is 1.54. The van der Waals surface area contributed by atoms with E-state index in [1.54, 1.807) is 29.1 Å². The molecule has 134 valence electrons. The third kappa shape index (κ3) is 2.57. The smallest absolute Gasteiger partial charge is 0.326 e. The van der Waals surface area contributed by atoms with Gasteiger partial charge in [-0.3, -0.25) is 9.48 Å². The van der Waals surface area contributed by atoms with E-state index in [-0.39, 0.29) is 5.91 Å². The number of thiophene rings is 1. The average molecular weight is 370 g/mol. The molecule has 8 heteroatoms. The van der Waals surface area contributed by atoms with Crippen LogP contribution in [-0.2, 0) is 11.8 Å². The van der Waals surface area contributed by atoms with Crippen LogP contribution in [0.15, 0.2) is 23.6 Å². The maximum atomic E-state index is 13.3. The van der Waals surface area contributed by atoms with Crippen LogP contribution in [0.5, 0.6) is 0 Å². The zero-order valence-corrected chi connectivity index (χ0v) is 15.3. The van der Waals surface area contributed by atoms with Crippen LogP contribution in [-0.4, -0.2) is 49.2 Å². The number of aryl methyl sites for hydroxylation is 2. The molecular formula is C18H18N4O3S. The summed E-state index contributed by atoms with van der Waals surface area (Å²) in [6.07, 6.45) is 1.18. The number of nitrogens with zero attached hydrogens (tertiary/aromatic N) is 4. The van der Waals surface area contributed by atoms with E-state index >= 15 is 0 Å². The van der Waals surface area contributed by atoms with Gasteiger partial charge in [0.2, 0.25) is 0 Å². The fourth-order valence-corrected chi connectivity index (χ4v) is 4.27. The van der Waals surface area contributed by atoms with Crippen LogP contribution < -0.4 is 0 Å². The minimum atomic E-state index is -0.956. The van der Waals surface area contributed by atoms with Crippen molar-refractivity contribution < 1.29 is 14.7 Å². The number of rotatable bonds is 3. The number of carboxylic acid groups (broad SMARTS) is 1. The summed E-state index contributed by atoms with van der Waals surface area (Å²) in [6, 6.07) is 4.88. The van der Waals surface area contributed by atoms with Gasteiger partial charge >= 0.3 is 5.97 Å². The number of carbonyl (C=O) groups excluding carboxylic acids is 1. The van der Waals surface area contributed by atoms with E-state index in [2.05, 4.69) is 10.1 Å². The van der Waals surface area contributed by atoms with Crippen LogP contribution in [0.4, 0.5) is 0 Å². The summed E-state index contributed by atoms with van der Waals surface area (Å²) in [5.74, 6) is -1.22. The van der Waals surface area contributed by atoms with Gasteiger partial charge < -0.3 is 10.0 Å². The van der Waals surface area contributed by atoms with Gasteiger partial charge in [0.15, 0.2) is 5.65 Å². The van der Waals surface area contributed by atoms with Crippen LogP contribution in [0.3, 0.4) is 0 Å². The predicted molar refractivity (Wildman–Crippen MR) is 98.3 cm³/mol. The molecular weight excluding hydrogens is 352 g/mol. The number of fused-ring (bicyclic) bond motifs is 1. The number of likely N-dealkylation sites (tertiary alicyclic amines) is 1. The number of hydrogen-bond acceptors (Lipinski definition) is 5. The Labute approximate surface area is 153 Å². The SMILES string of the molecule is Cc1nn(C)c2nc(-c3cccs3)cc(C(=O)N3CCC[C@@H]3C(=O)O)c12. The summed E-state index contributed by atoms with van der Waals surface area (Å²) < 4.78 is 1.66. The molecule has 0 saturated carbocycles. The standard InChI is InChI=1S/C18H18N4O3S/c1-10-15-11(17(23)22-7-3-5-13(22)18(24)25)9-12(14-6-4-8-26-14)19-16(15)21(2)20-10/h4,6,8-9,13H,3,5,7H2,1-2H3,(H,24,25)/t13-/m1/s1. The molecule has 1 saturated heterocycles. The largest absolute Gasteiger partial charge is 0.480 e. The monoisotopic (exact) mass is 370 g/mol. The van der Waals surface area contributed by atoms with Gasteiger partial charge in [-0.15, -0.1) is 11.3 Å². The van der Waals surface area contributed by atoms with Crippen molar-refractivity contribution >= 4 is 34.2 Å². The first-order valence-electron chi connectivity index (χ1n) is 8.39. The highest BCUT2D eigenvalue weighted by Crippen LogP contribution is 2.31. The highest BCUT2D eigenvalue weighted by molar-refractivity contribution is 7.13. The lowest BCUT2D eigenvalue weighted by Crippen LogP contribution is -2.40. The van der Waals surface area contributed by atoms with Crippen molar-refractivity contribution in [2.75, 3.05) is 6.54 Å². The number of carbonyl (C=O) groups is 2. The molecule has 4 heterocycles. The van der Waals surface area contributed by atoms with E-state index < -0.39 is 12.0 Å². The number of amides is 1. The summed E-state index contributed by atoms with van der Waals surface area (Å²) in [4.78, 5) is 31.9. The van der Waals surface area contributed by atoms with E-state index in [9.17, 15) is 14.7 Å². The molecule has 0 spiro atoms. The van der Waals surface area contributed by atoms with Crippen molar-refractivity contribution in [3.8, 4) is 10.6 Å². The molecule has 0 radical (unpaired) electrons. The van der Waals surface area contributed by atoms with Gasteiger partial charge in [-0.25, -0.2) is 9.78 Å². The predicted octanol–water partition coefficient (Wildman–Crippen LogP) is 2.69. The van der Waals surface area contributed by atoms with Gasteiger partial charge in [-0.1, -0.05) is 6.07 Å². The number of pyridine rings is 1. The number of aliphatic carboxylic acids is 1. The normalized spacial score (nSPS) is 17.2. The van der Waals surface area contributed by atoms with E-state index in [4.69, 9.17) is 0 Å². The Morgan fingerprint density at radius 3 is 2.88 bits per heavy atom. The molecule has 0 bridgehead atoms. The molecule has 3 aromatic rings. The second kappa shape index (κ2) is 6.21. The van der Waals surface area contributed by atoms with Gasteiger partial charge in [0, 0.05) is 13.6 Å². The van der Waals surface area contributed by atoms with Crippen LogP contribution in [0.1, 0.15) is 28.9 Å². The molecule has 1 atom stereocenters. The first-order chi connectivity index (χ1) is 12.5. The van der Waals surface area contributed by atoms with E-state index in [0.717, 1.165) is 4.88 Å². The van der Waals surface area contributed by atoms with Crippen LogP contribution in [0, 0.1) is 6.92 Å². The van der Waals surface area contributed by atoms with Crippen LogP contribution >= 0.6 is 11.3 Å². The maximum absolute atomic E-state index is 13.3. The van der Waals surface area contributed by atoms with Crippen molar-refractivity contribution in [1.82, 2.24) is 19.7 Å². The Morgan fingerprint density at radius 2 is 2.19 bits per heavy atom. The molecule has 1 N–H and O–H groups in total. The van der Waals surface area contributed by atoms with Gasteiger partial charge in [0.1, 0.15) is 6.04 Å². The first kappa shape index (κ1) is 16.7. The summed E-state index contributed by atoms with van der Waals surface area (Å²) in [5, 5.41) is 16.5. The lowest BCUT2D eigenvalue weighted by atomic mass is 10.1. The average Bonchev–Trinajstić information content (AvgIpc) is 3.34. The highest BCUT2D eigenvalue weighted by Gasteiger charge is 2.35. The second-order valence-electron chi connectivity index (χ2n) is 6.43. The molecule has 0 unspecified atom stereocenters. The Bertz CT molecular complexity index is 1010. The second-order valence-corrected chi connectivity index (χ2v) is 7.38. The van der Waals surface area contributed by atoms with Gasteiger partial charge in [-0.2, -0.15) is 5.10 Å². The number of aromatic nitrogens is 3. The first-order valence-corrected chi connectivity index (χ1v) is 9.27. The minimum absolute atomic E-state index is 0.267. The molecule has 0 aromatic carbocycles. The number of hydrogen-bond donors (Lipinski definition) is 1. The van der Waals surface area contributed by atoms with Gasteiger partial charge in [0.05, 0.1) is 27.2 Å². The molecule has 4 rings (SSSR count). The zero-order valence-electron chi connectivity index (χ0n) is 14.5. The highest BCUT2D eigenvalue weighted by atomic mass is 32.1. The van der Waals surface area contributed by atoms with Gasteiger partial charge in [0.25, 0.3) is 5.91 Å². The lowest BCUT2D eigenvalue weighted by molar-refractivity contribution is -0.141. The number of carboxylic acids is 1. The van der Waals surface area contributed by atoms with Crippen LogP contribution in [0.25, 0.3) is 21.6 Å². The Balaban J connectivity index is 1.90. The lowest BCUT2D eigenvalue weighted by Gasteiger charge is -2.22. The maximum Gasteiger partial charge on any atom is 0.326 e. The molecule has 26 heavy (non-hydrogen) atoms.